The van der Waals surface area contributed by atoms with Crippen LogP contribution in [0.25, 0.3) is 6.08 Å². The number of rotatable bonds is 8. The average Bonchev–Trinajstić information content (AvgIpc) is 3.25. The van der Waals surface area contributed by atoms with E-state index in [0.717, 1.165) is 34.5 Å². The van der Waals surface area contributed by atoms with Crippen LogP contribution in [0.2, 0.25) is 0 Å². The van der Waals surface area contributed by atoms with Gasteiger partial charge in [-0.05, 0) is 119 Å². The predicted octanol–water partition coefficient (Wildman–Crippen LogP) is 6.70. The third kappa shape index (κ3) is 6.71. The van der Waals surface area contributed by atoms with Crippen molar-refractivity contribution < 1.29 is 14.3 Å². The lowest BCUT2D eigenvalue weighted by Crippen LogP contribution is -2.40. The number of esters is 1. The molecule has 0 N–H and O–H groups in total. The van der Waals surface area contributed by atoms with Crippen molar-refractivity contribution in [2.75, 3.05) is 6.26 Å². The molecule has 0 saturated heterocycles. The molecule has 5 rings (SSSR count). The number of nitrogens with zero attached hydrogens (tertiary/aromatic N) is 2. The maximum atomic E-state index is 14.0. The standard InChI is InChI=1S/C32H28I2N2O4S2/c1-18(2)40-31(38)27-19(3)35-32-36(28(27)22-10-12-23(41-4)13-11-22)30(37)26(42-32)16-21-14-24(33)29(25(34)15-21)39-17-20-8-6-5-7-9-20/h5-16,18,28H,17H2,1-4H3/b26-16-/t28-/m1/s1. The molecule has 216 valence electrons. The normalized spacial score (nSPS) is 15.0. The first-order chi connectivity index (χ1) is 20.2. The van der Waals surface area contributed by atoms with Gasteiger partial charge in [0.15, 0.2) is 4.80 Å². The van der Waals surface area contributed by atoms with Crippen LogP contribution in [0.1, 0.15) is 43.5 Å². The molecule has 2 heterocycles. The van der Waals surface area contributed by atoms with Gasteiger partial charge in [0.05, 0.1) is 35.1 Å². The van der Waals surface area contributed by atoms with Crippen molar-refractivity contribution >= 4 is 80.3 Å². The molecule has 10 heteroatoms. The number of thioether (sulfide) groups is 1. The van der Waals surface area contributed by atoms with Gasteiger partial charge in [-0.25, -0.2) is 9.79 Å². The fraction of sp³-hybridized carbons (Fsp3) is 0.219. The topological polar surface area (TPSA) is 69.9 Å². The molecule has 42 heavy (non-hydrogen) atoms. The first-order valence-electron chi connectivity index (χ1n) is 13.2. The lowest BCUT2D eigenvalue weighted by molar-refractivity contribution is -0.143. The Morgan fingerprint density at radius 2 is 1.76 bits per heavy atom. The number of benzene rings is 3. The van der Waals surface area contributed by atoms with Crippen molar-refractivity contribution in [1.82, 2.24) is 4.57 Å². The van der Waals surface area contributed by atoms with Crippen molar-refractivity contribution in [3.8, 4) is 5.75 Å². The van der Waals surface area contributed by atoms with Gasteiger partial charge in [0.25, 0.3) is 5.56 Å². The van der Waals surface area contributed by atoms with Crippen LogP contribution in [0.5, 0.6) is 5.75 Å². The number of hydrogen-bond donors (Lipinski definition) is 0. The molecule has 3 aromatic carbocycles. The van der Waals surface area contributed by atoms with Crippen molar-refractivity contribution in [2.24, 2.45) is 4.99 Å². The van der Waals surface area contributed by atoms with Crippen molar-refractivity contribution in [1.29, 1.82) is 0 Å². The zero-order valence-electron chi connectivity index (χ0n) is 23.4. The molecule has 1 aliphatic rings. The SMILES string of the molecule is CSc1ccc([C@@H]2C(C(=O)OC(C)C)=C(C)N=c3s/c(=C\c4cc(I)c(OCc5ccccc5)c(I)c4)c(=O)n32)cc1. The summed E-state index contributed by atoms with van der Waals surface area (Å²) >= 11 is 7.50. The summed E-state index contributed by atoms with van der Waals surface area (Å²) in [6.07, 6.45) is 3.60. The van der Waals surface area contributed by atoms with Crippen LogP contribution < -0.4 is 19.6 Å². The molecule has 1 atom stereocenters. The summed E-state index contributed by atoms with van der Waals surface area (Å²) in [6, 6.07) is 21.4. The highest BCUT2D eigenvalue weighted by Crippen LogP contribution is 2.33. The highest BCUT2D eigenvalue weighted by molar-refractivity contribution is 14.1. The lowest BCUT2D eigenvalue weighted by atomic mass is 9.96. The summed E-state index contributed by atoms with van der Waals surface area (Å²) in [5, 5.41) is 0. The van der Waals surface area contributed by atoms with Gasteiger partial charge in [-0.15, -0.1) is 11.8 Å². The van der Waals surface area contributed by atoms with E-state index in [1.807, 2.05) is 92.9 Å². The summed E-state index contributed by atoms with van der Waals surface area (Å²) < 4.78 is 15.8. The van der Waals surface area contributed by atoms with Gasteiger partial charge in [0, 0.05) is 4.90 Å². The van der Waals surface area contributed by atoms with E-state index in [1.165, 1.54) is 11.3 Å². The monoisotopic (exact) mass is 822 g/mol. The summed E-state index contributed by atoms with van der Waals surface area (Å²) in [5.41, 5.74) is 3.54. The van der Waals surface area contributed by atoms with Gasteiger partial charge in [-0.3, -0.25) is 9.36 Å². The minimum absolute atomic E-state index is 0.200. The molecule has 1 aliphatic heterocycles. The Morgan fingerprint density at radius 1 is 1.10 bits per heavy atom. The van der Waals surface area contributed by atoms with E-state index >= 15 is 0 Å². The van der Waals surface area contributed by atoms with Crippen molar-refractivity contribution in [3.05, 3.63) is 122 Å². The van der Waals surface area contributed by atoms with E-state index in [2.05, 4.69) is 45.2 Å². The van der Waals surface area contributed by atoms with Gasteiger partial charge in [0.2, 0.25) is 0 Å². The predicted molar refractivity (Wildman–Crippen MR) is 186 cm³/mol. The summed E-state index contributed by atoms with van der Waals surface area (Å²) in [7, 11) is 0. The van der Waals surface area contributed by atoms with Crippen molar-refractivity contribution in [2.45, 2.75) is 44.4 Å². The molecule has 0 bridgehead atoms. The molecule has 1 aromatic heterocycles. The molecule has 0 unspecified atom stereocenters. The van der Waals surface area contributed by atoms with Gasteiger partial charge < -0.3 is 9.47 Å². The fourth-order valence-electron chi connectivity index (χ4n) is 4.64. The number of hydrogen-bond acceptors (Lipinski definition) is 7. The van der Waals surface area contributed by atoms with Crippen LogP contribution in [0, 0.1) is 7.14 Å². The van der Waals surface area contributed by atoms with E-state index in [9.17, 15) is 9.59 Å². The first kappa shape index (κ1) is 31.0. The smallest absolute Gasteiger partial charge is 0.338 e. The Morgan fingerprint density at radius 3 is 2.38 bits per heavy atom. The maximum Gasteiger partial charge on any atom is 0.338 e. The number of halogens is 2. The minimum atomic E-state index is -0.639. The summed E-state index contributed by atoms with van der Waals surface area (Å²) in [5.74, 6) is 0.353. The largest absolute Gasteiger partial charge is 0.487 e. The fourth-order valence-corrected chi connectivity index (χ4v) is 8.23. The van der Waals surface area contributed by atoms with E-state index < -0.39 is 12.0 Å². The number of fused-ring (bicyclic) bond motifs is 1. The lowest BCUT2D eigenvalue weighted by Gasteiger charge is -2.25. The minimum Gasteiger partial charge on any atom is -0.487 e. The van der Waals surface area contributed by atoms with Crippen LogP contribution in [-0.2, 0) is 16.1 Å². The molecule has 0 spiro atoms. The number of aromatic nitrogens is 1. The van der Waals surface area contributed by atoms with Crippen LogP contribution in [0.15, 0.2) is 92.7 Å². The van der Waals surface area contributed by atoms with Crippen LogP contribution in [0.3, 0.4) is 0 Å². The van der Waals surface area contributed by atoms with E-state index in [4.69, 9.17) is 14.5 Å². The molecule has 0 aliphatic carbocycles. The zero-order chi connectivity index (χ0) is 30.0. The van der Waals surface area contributed by atoms with Gasteiger partial charge in [-0.2, -0.15) is 0 Å². The average molecular weight is 823 g/mol. The second kappa shape index (κ2) is 13.5. The Labute approximate surface area is 279 Å². The van der Waals surface area contributed by atoms with Gasteiger partial charge >= 0.3 is 5.97 Å². The van der Waals surface area contributed by atoms with Crippen LogP contribution >= 0.6 is 68.3 Å². The van der Waals surface area contributed by atoms with Crippen LogP contribution in [-0.4, -0.2) is 22.9 Å². The Kier molecular flexibility index (Phi) is 9.95. The number of thiazole rings is 1. The highest BCUT2D eigenvalue weighted by atomic mass is 127. The second-order valence-corrected chi connectivity index (χ2v) is 14.1. The van der Waals surface area contributed by atoms with Gasteiger partial charge in [-0.1, -0.05) is 53.8 Å². The molecule has 4 aromatic rings. The van der Waals surface area contributed by atoms with Crippen LogP contribution in [0.4, 0.5) is 0 Å². The van der Waals surface area contributed by atoms with Crippen molar-refractivity contribution in [3.63, 3.8) is 0 Å². The number of ether oxygens (including phenoxy) is 2. The molecule has 6 nitrogen and oxygen atoms in total. The molecular weight excluding hydrogens is 794 g/mol. The summed E-state index contributed by atoms with van der Waals surface area (Å²) in [4.78, 5) is 33.7. The molecule has 0 saturated carbocycles. The maximum absolute atomic E-state index is 14.0. The molecule has 0 fully saturated rings. The highest BCUT2D eigenvalue weighted by Gasteiger charge is 2.33. The van der Waals surface area contributed by atoms with Gasteiger partial charge in [0.1, 0.15) is 12.4 Å². The molecule has 0 radical (unpaired) electrons. The van der Waals surface area contributed by atoms with E-state index in [-0.39, 0.29) is 11.7 Å². The van der Waals surface area contributed by atoms with E-state index in [0.29, 0.717) is 27.2 Å². The molecular formula is C32H28I2N2O4S2. The second-order valence-electron chi connectivity index (χ2n) is 9.90. The Balaban J connectivity index is 1.57. The quantitative estimate of drug-likeness (QED) is 0.113. The third-order valence-electron chi connectivity index (χ3n) is 6.56. The number of carbonyl (C=O) groups is 1. The number of allylic oxidation sites excluding steroid dienone is 1. The Hall–Kier alpha value is -2.42. The number of carbonyl (C=O) groups excluding carboxylic acids is 1. The first-order valence-corrected chi connectivity index (χ1v) is 17.4. The third-order valence-corrected chi connectivity index (χ3v) is 9.89. The Bertz CT molecular complexity index is 1820. The zero-order valence-corrected chi connectivity index (χ0v) is 29.3. The summed E-state index contributed by atoms with van der Waals surface area (Å²) in [6.45, 7) is 5.90. The van der Waals surface area contributed by atoms with E-state index in [1.54, 1.807) is 23.3 Å². The molecule has 0 amide bonds.